The number of amides is 3. The Morgan fingerprint density at radius 2 is 1.81 bits per heavy atom. The number of urea groups is 1. The van der Waals surface area contributed by atoms with E-state index in [0.29, 0.717) is 35.9 Å². The van der Waals surface area contributed by atoms with Crippen molar-refractivity contribution in [3.8, 4) is 0 Å². The molecule has 0 bridgehead atoms. The average Bonchev–Trinajstić information content (AvgIpc) is 2.76. The van der Waals surface area contributed by atoms with Gasteiger partial charge in [0.25, 0.3) is 5.56 Å². The SMILES string of the molecule is CCCCCCc1nc(SCC(=O)NC(=O)NC)c2c(=O)n(C)c(=O)n(CCC)c2n1. The molecule has 0 radical (unpaired) electrons. The highest BCUT2D eigenvalue weighted by Gasteiger charge is 2.19. The summed E-state index contributed by atoms with van der Waals surface area (Å²) < 4.78 is 2.53. The van der Waals surface area contributed by atoms with Crippen LogP contribution in [0, 0.1) is 0 Å². The maximum atomic E-state index is 12.9. The van der Waals surface area contributed by atoms with Crippen LogP contribution in [0.4, 0.5) is 4.79 Å². The molecule has 0 spiro atoms. The third kappa shape index (κ3) is 6.16. The molecule has 31 heavy (non-hydrogen) atoms. The van der Waals surface area contributed by atoms with Crippen LogP contribution in [-0.4, -0.2) is 43.8 Å². The van der Waals surface area contributed by atoms with Crippen LogP contribution in [0.25, 0.3) is 11.0 Å². The molecule has 2 heterocycles. The van der Waals surface area contributed by atoms with Crippen molar-refractivity contribution in [1.29, 1.82) is 0 Å². The molecule has 10 nitrogen and oxygen atoms in total. The number of fused-ring (bicyclic) bond motifs is 1. The van der Waals surface area contributed by atoms with Gasteiger partial charge in [-0.15, -0.1) is 0 Å². The number of imide groups is 1. The molecular weight excluding hydrogens is 420 g/mol. The lowest BCUT2D eigenvalue weighted by Crippen LogP contribution is -2.39. The van der Waals surface area contributed by atoms with Gasteiger partial charge in [-0.3, -0.25) is 24.0 Å². The number of aryl methyl sites for hydroxylation is 2. The van der Waals surface area contributed by atoms with Gasteiger partial charge >= 0.3 is 11.7 Å². The first-order valence-electron chi connectivity index (χ1n) is 10.5. The fourth-order valence-electron chi connectivity index (χ4n) is 3.09. The second-order valence-corrected chi connectivity index (χ2v) is 8.13. The third-order valence-corrected chi connectivity index (χ3v) is 5.69. The van der Waals surface area contributed by atoms with Gasteiger partial charge in [0.1, 0.15) is 16.2 Å². The Labute approximate surface area is 184 Å². The lowest BCUT2D eigenvalue weighted by molar-refractivity contribution is -0.117. The summed E-state index contributed by atoms with van der Waals surface area (Å²) in [5.41, 5.74) is -0.632. The van der Waals surface area contributed by atoms with Gasteiger partial charge in [-0.25, -0.2) is 19.6 Å². The molecule has 0 atom stereocenters. The molecule has 0 aromatic carbocycles. The van der Waals surface area contributed by atoms with E-state index in [1.54, 1.807) is 0 Å². The van der Waals surface area contributed by atoms with E-state index in [4.69, 9.17) is 0 Å². The standard InChI is InChI=1S/C20H30N6O4S/c1-5-7-8-9-10-13-22-16-15(18(28)25(4)20(30)26(16)11-6-2)17(23-13)31-12-14(27)24-19(29)21-3/h5-12H2,1-4H3,(H2,21,24,27,29). The first kappa shape index (κ1) is 24.6. The minimum absolute atomic E-state index is 0.106. The molecule has 0 aliphatic heterocycles. The number of hydrogen-bond acceptors (Lipinski definition) is 7. The number of carbonyl (C=O) groups excluding carboxylic acids is 2. The zero-order valence-electron chi connectivity index (χ0n) is 18.5. The minimum Gasteiger partial charge on any atom is -0.341 e. The summed E-state index contributed by atoms with van der Waals surface area (Å²) in [6.45, 7) is 4.48. The quantitative estimate of drug-likeness (QED) is 0.319. The highest BCUT2D eigenvalue weighted by molar-refractivity contribution is 8.00. The fourth-order valence-corrected chi connectivity index (χ4v) is 3.92. The molecule has 2 aromatic heterocycles. The van der Waals surface area contributed by atoms with Crippen LogP contribution in [0.2, 0.25) is 0 Å². The molecule has 0 saturated carbocycles. The van der Waals surface area contributed by atoms with Crippen molar-refractivity contribution >= 4 is 34.7 Å². The van der Waals surface area contributed by atoms with Gasteiger partial charge in [-0.05, 0) is 12.8 Å². The molecule has 2 N–H and O–H groups in total. The highest BCUT2D eigenvalue weighted by atomic mass is 32.2. The first-order chi connectivity index (χ1) is 14.8. The van der Waals surface area contributed by atoms with E-state index in [1.807, 2.05) is 6.92 Å². The van der Waals surface area contributed by atoms with Crippen molar-refractivity contribution < 1.29 is 9.59 Å². The van der Waals surface area contributed by atoms with Crippen LogP contribution in [0.5, 0.6) is 0 Å². The van der Waals surface area contributed by atoms with E-state index in [9.17, 15) is 19.2 Å². The van der Waals surface area contributed by atoms with Crippen molar-refractivity contribution in [1.82, 2.24) is 29.7 Å². The van der Waals surface area contributed by atoms with Crippen molar-refractivity contribution in [3.05, 3.63) is 26.7 Å². The largest absolute Gasteiger partial charge is 0.341 e. The lowest BCUT2D eigenvalue weighted by Gasteiger charge is -2.14. The Bertz CT molecular complexity index is 1060. The molecule has 0 fully saturated rings. The van der Waals surface area contributed by atoms with Gasteiger partial charge in [0, 0.05) is 27.1 Å². The molecule has 0 aliphatic rings. The predicted octanol–water partition coefficient (Wildman–Crippen LogP) is 1.57. The Hall–Kier alpha value is -2.69. The van der Waals surface area contributed by atoms with Gasteiger partial charge in [-0.2, -0.15) is 0 Å². The molecule has 170 valence electrons. The minimum atomic E-state index is -0.609. The second-order valence-electron chi connectivity index (χ2n) is 7.17. The molecule has 11 heteroatoms. The van der Waals surface area contributed by atoms with Crippen LogP contribution in [-0.2, 0) is 24.8 Å². The number of unbranched alkanes of at least 4 members (excludes halogenated alkanes) is 3. The zero-order valence-corrected chi connectivity index (χ0v) is 19.3. The number of rotatable bonds is 10. The van der Waals surface area contributed by atoms with E-state index in [1.165, 1.54) is 18.7 Å². The molecule has 2 aromatic rings. The number of carbonyl (C=O) groups is 2. The maximum absolute atomic E-state index is 12.9. The van der Waals surface area contributed by atoms with Crippen LogP contribution in [0.15, 0.2) is 14.6 Å². The van der Waals surface area contributed by atoms with Crippen LogP contribution >= 0.6 is 11.8 Å². The molecular formula is C20H30N6O4S. The van der Waals surface area contributed by atoms with E-state index >= 15 is 0 Å². The summed E-state index contributed by atoms with van der Waals surface area (Å²) in [6.07, 6.45) is 5.45. The summed E-state index contributed by atoms with van der Waals surface area (Å²) >= 11 is 1.05. The van der Waals surface area contributed by atoms with Crippen molar-refractivity contribution in [2.45, 2.75) is 63.9 Å². The van der Waals surface area contributed by atoms with E-state index in [0.717, 1.165) is 42.0 Å². The summed E-state index contributed by atoms with van der Waals surface area (Å²) in [5.74, 6) is -0.0835. The van der Waals surface area contributed by atoms with Gasteiger partial charge in [0.2, 0.25) is 5.91 Å². The lowest BCUT2D eigenvalue weighted by atomic mass is 10.1. The number of aromatic nitrogens is 4. The number of nitrogens with one attached hydrogen (secondary N) is 2. The number of nitrogens with zero attached hydrogens (tertiary/aromatic N) is 4. The van der Waals surface area contributed by atoms with Gasteiger partial charge in [0.15, 0.2) is 5.65 Å². The topological polar surface area (TPSA) is 128 Å². The monoisotopic (exact) mass is 450 g/mol. The van der Waals surface area contributed by atoms with Crippen LogP contribution < -0.4 is 21.9 Å². The summed E-state index contributed by atoms with van der Waals surface area (Å²) in [7, 11) is 2.83. The van der Waals surface area contributed by atoms with Crippen molar-refractivity contribution in [2.75, 3.05) is 12.8 Å². The van der Waals surface area contributed by atoms with E-state index < -0.39 is 23.2 Å². The van der Waals surface area contributed by atoms with Gasteiger partial charge in [-0.1, -0.05) is 44.9 Å². The van der Waals surface area contributed by atoms with Crippen molar-refractivity contribution in [2.24, 2.45) is 7.05 Å². The average molecular weight is 451 g/mol. The number of thioether (sulfide) groups is 1. The first-order valence-corrected chi connectivity index (χ1v) is 11.5. The molecule has 0 unspecified atom stereocenters. The van der Waals surface area contributed by atoms with Crippen LogP contribution in [0.1, 0.15) is 51.8 Å². The Balaban J connectivity index is 2.52. The van der Waals surface area contributed by atoms with Crippen LogP contribution in [0.3, 0.4) is 0 Å². The molecule has 3 amide bonds. The maximum Gasteiger partial charge on any atom is 0.332 e. The fraction of sp³-hybridized carbons (Fsp3) is 0.600. The Morgan fingerprint density at radius 1 is 1.06 bits per heavy atom. The highest BCUT2D eigenvalue weighted by Crippen LogP contribution is 2.23. The number of hydrogen-bond donors (Lipinski definition) is 2. The second kappa shape index (κ2) is 11.6. The normalized spacial score (nSPS) is 11.0. The summed E-state index contributed by atoms with van der Waals surface area (Å²) in [6, 6.07) is -0.609. The third-order valence-electron chi connectivity index (χ3n) is 4.72. The smallest absolute Gasteiger partial charge is 0.332 e. The van der Waals surface area contributed by atoms with E-state index in [2.05, 4.69) is 27.5 Å². The Kier molecular flexibility index (Phi) is 9.22. The predicted molar refractivity (Wildman–Crippen MR) is 120 cm³/mol. The van der Waals surface area contributed by atoms with Crippen molar-refractivity contribution in [3.63, 3.8) is 0 Å². The molecule has 0 aliphatic carbocycles. The molecule has 2 rings (SSSR count). The van der Waals surface area contributed by atoms with E-state index in [-0.39, 0.29) is 11.1 Å². The van der Waals surface area contributed by atoms with Gasteiger partial charge in [0.05, 0.1) is 5.75 Å². The zero-order chi connectivity index (χ0) is 23.0. The van der Waals surface area contributed by atoms with Gasteiger partial charge < -0.3 is 5.32 Å². The molecule has 0 saturated heterocycles. The summed E-state index contributed by atoms with van der Waals surface area (Å²) in [4.78, 5) is 58.1. The summed E-state index contributed by atoms with van der Waals surface area (Å²) in [5, 5.41) is 5.05. The Morgan fingerprint density at radius 3 is 2.45 bits per heavy atom.